The Morgan fingerprint density at radius 3 is 1.41 bits per heavy atom. The Morgan fingerprint density at radius 2 is 1.00 bits per heavy atom. The van der Waals surface area contributed by atoms with Crippen LogP contribution in [0, 0.1) is 0 Å². The van der Waals surface area contributed by atoms with Gasteiger partial charge in [0.1, 0.15) is 24.4 Å². The molecule has 112 valence electrons. The van der Waals surface area contributed by atoms with E-state index in [2.05, 4.69) is 0 Å². The summed E-state index contributed by atoms with van der Waals surface area (Å²) >= 11 is 0. The highest BCUT2D eigenvalue weighted by Gasteiger charge is 2.27. The first kappa shape index (κ1) is 13.7. The van der Waals surface area contributed by atoms with Gasteiger partial charge < -0.3 is 20.4 Å². The Hall–Kier alpha value is -1.98. The summed E-state index contributed by atoms with van der Waals surface area (Å²) in [5, 5.41) is 41.6. The number of hydrogen-bond acceptors (Lipinski definition) is 4. The van der Waals surface area contributed by atoms with Gasteiger partial charge in [-0.3, -0.25) is 0 Å². The first-order chi connectivity index (χ1) is 10.6. The number of aliphatic hydroxyl groups excluding tert-OH is 4. The van der Waals surface area contributed by atoms with Gasteiger partial charge in [-0.25, -0.2) is 0 Å². The van der Waals surface area contributed by atoms with Crippen molar-refractivity contribution in [3.8, 4) is 0 Å². The van der Waals surface area contributed by atoms with E-state index in [0.29, 0.717) is 11.1 Å². The zero-order chi connectivity index (χ0) is 15.4. The molecule has 4 rings (SSSR count). The van der Waals surface area contributed by atoms with E-state index in [-0.39, 0.29) is 0 Å². The van der Waals surface area contributed by atoms with Gasteiger partial charge in [0.2, 0.25) is 0 Å². The zero-order valence-corrected chi connectivity index (χ0v) is 11.7. The van der Waals surface area contributed by atoms with Gasteiger partial charge in [-0.2, -0.15) is 0 Å². The van der Waals surface area contributed by atoms with Crippen LogP contribution in [0.15, 0.2) is 36.4 Å². The van der Waals surface area contributed by atoms with E-state index in [1.54, 1.807) is 24.3 Å². The van der Waals surface area contributed by atoms with Crippen LogP contribution < -0.4 is 0 Å². The Kier molecular flexibility index (Phi) is 2.96. The molecule has 0 saturated heterocycles. The first-order valence-corrected chi connectivity index (χ1v) is 7.26. The van der Waals surface area contributed by atoms with Gasteiger partial charge in [0.05, 0.1) is 0 Å². The van der Waals surface area contributed by atoms with Crippen LogP contribution in [0.5, 0.6) is 0 Å². The summed E-state index contributed by atoms with van der Waals surface area (Å²) in [7, 11) is 0. The van der Waals surface area contributed by atoms with Crippen molar-refractivity contribution >= 4 is 22.9 Å². The average molecular weight is 296 g/mol. The van der Waals surface area contributed by atoms with Crippen LogP contribution in [0.4, 0.5) is 0 Å². The third-order valence-electron chi connectivity index (χ3n) is 4.56. The molecule has 4 atom stereocenters. The van der Waals surface area contributed by atoms with Crippen LogP contribution in [0.3, 0.4) is 0 Å². The van der Waals surface area contributed by atoms with Gasteiger partial charge in [0.15, 0.2) is 0 Å². The zero-order valence-electron chi connectivity index (χ0n) is 11.7. The summed E-state index contributed by atoms with van der Waals surface area (Å²) in [6.45, 7) is 0. The topological polar surface area (TPSA) is 80.9 Å². The molecule has 2 aliphatic carbocycles. The highest BCUT2D eigenvalue weighted by molar-refractivity contribution is 5.99. The van der Waals surface area contributed by atoms with Crippen molar-refractivity contribution < 1.29 is 20.4 Å². The van der Waals surface area contributed by atoms with Crippen molar-refractivity contribution in [2.75, 3.05) is 0 Å². The fraction of sp³-hybridized carbons (Fsp3) is 0.222. The van der Waals surface area contributed by atoms with E-state index >= 15 is 0 Å². The van der Waals surface area contributed by atoms with Gasteiger partial charge in [-0.1, -0.05) is 48.6 Å². The minimum atomic E-state index is -0.927. The lowest BCUT2D eigenvalue weighted by molar-refractivity contribution is 0.0469. The smallest absolute Gasteiger partial charge is 0.109 e. The van der Waals surface area contributed by atoms with Crippen molar-refractivity contribution in [1.29, 1.82) is 0 Å². The van der Waals surface area contributed by atoms with E-state index in [0.717, 1.165) is 21.9 Å². The van der Waals surface area contributed by atoms with Gasteiger partial charge in [-0.05, 0) is 33.0 Å². The van der Waals surface area contributed by atoms with Gasteiger partial charge in [-0.15, -0.1) is 0 Å². The minimum Gasteiger partial charge on any atom is -0.386 e. The quantitative estimate of drug-likeness (QED) is 0.596. The average Bonchev–Trinajstić information content (AvgIpc) is 2.53. The van der Waals surface area contributed by atoms with Crippen LogP contribution in [0.25, 0.3) is 22.9 Å². The maximum absolute atomic E-state index is 10.1. The third kappa shape index (κ3) is 1.79. The maximum Gasteiger partial charge on any atom is 0.109 e. The van der Waals surface area contributed by atoms with Crippen LogP contribution in [-0.4, -0.2) is 32.6 Å². The monoisotopic (exact) mass is 296 g/mol. The molecule has 0 fully saturated rings. The summed E-state index contributed by atoms with van der Waals surface area (Å²) in [5.74, 6) is 0. The number of hydrogen-bond donors (Lipinski definition) is 4. The van der Waals surface area contributed by atoms with Gasteiger partial charge >= 0.3 is 0 Å². The lowest BCUT2D eigenvalue weighted by Crippen LogP contribution is -2.20. The van der Waals surface area contributed by atoms with Crippen LogP contribution in [0.2, 0.25) is 0 Å². The van der Waals surface area contributed by atoms with Crippen molar-refractivity contribution in [3.05, 3.63) is 58.7 Å². The summed E-state index contributed by atoms with van der Waals surface area (Å²) in [4.78, 5) is 0. The highest BCUT2D eigenvalue weighted by atomic mass is 16.3. The standard InChI is InChI=1S/C18H16O4/c19-15-8-6-12-10-2-4-14-11(5-7-16(20)18(14)22)9(10)1-3-13(12)17(15)21/h1-8,15-22H/t15-,16-,17+,18+/m0/s1. The van der Waals surface area contributed by atoms with Crippen molar-refractivity contribution in [3.63, 3.8) is 0 Å². The third-order valence-corrected chi connectivity index (χ3v) is 4.56. The molecule has 0 heterocycles. The Bertz CT molecular complexity index is 752. The molecule has 0 aliphatic heterocycles. The molecule has 2 aliphatic rings. The predicted octanol–water partition coefficient (Wildman–Crippen LogP) is 1.68. The summed E-state index contributed by atoms with van der Waals surface area (Å²) in [6.07, 6.45) is 3.17. The molecule has 0 radical (unpaired) electrons. The molecule has 0 amide bonds. The molecule has 0 spiro atoms. The molecule has 2 aromatic rings. The van der Waals surface area contributed by atoms with E-state index in [9.17, 15) is 20.4 Å². The normalized spacial score (nSPS) is 29.5. The first-order valence-electron chi connectivity index (χ1n) is 7.26. The largest absolute Gasteiger partial charge is 0.386 e. The second kappa shape index (κ2) is 4.76. The second-order valence-corrected chi connectivity index (χ2v) is 5.82. The van der Waals surface area contributed by atoms with E-state index in [4.69, 9.17) is 0 Å². The predicted molar refractivity (Wildman–Crippen MR) is 83.9 cm³/mol. The lowest BCUT2D eigenvalue weighted by atomic mass is 9.84. The molecule has 4 N–H and O–H groups in total. The molecule has 0 unspecified atom stereocenters. The molecule has 4 nitrogen and oxygen atoms in total. The summed E-state index contributed by atoms with van der Waals surface area (Å²) in [5.41, 5.74) is 3.16. The van der Waals surface area contributed by atoms with Crippen molar-refractivity contribution in [1.82, 2.24) is 0 Å². The molecule has 0 aromatic heterocycles. The Morgan fingerprint density at radius 1 is 0.591 bits per heavy atom. The van der Waals surface area contributed by atoms with Crippen LogP contribution in [0.1, 0.15) is 34.5 Å². The van der Waals surface area contributed by atoms with Gasteiger partial charge in [0.25, 0.3) is 0 Å². The summed E-state index contributed by atoms with van der Waals surface area (Å²) < 4.78 is 0. The van der Waals surface area contributed by atoms with Crippen molar-refractivity contribution in [2.45, 2.75) is 24.4 Å². The molecule has 4 heteroatoms. The molecule has 22 heavy (non-hydrogen) atoms. The fourth-order valence-electron chi connectivity index (χ4n) is 3.34. The number of fused-ring (bicyclic) bond motifs is 5. The second-order valence-electron chi connectivity index (χ2n) is 5.82. The Labute approximate surface area is 127 Å². The molecule has 0 saturated carbocycles. The molecular weight excluding hydrogens is 280 g/mol. The van der Waals surface area contributed by atoms with Crippen molar-refractivity contribution in [2.24, 2.45) is 0 Å². The molecule has 0 bridgehead atoms. The van der Waals surface area contributed by atoms with E-state index in [1.165, 1.54) is 0 Å². The number of aliphatic hydroxyl groups is 4. The van der Waals surface area contributed by atoms with Crippen LogP contribution in [-0.2, 0) is 0 Å². The molecular formula is C18H16O4. The minimum absolute atomic E-state index is 0.697. The molecule has 2 aromatic carbocycles. The van der Waals surface area contributed by atoms with E-state index < -0.39 is 24.4 Å². The lowest BCUT2D eigenvalue weighted by Gasteiger charge is -2.26. The van der Waals surface area contributed by atoms with E-state index in [1.807, 2.05) is 24.3 Å². The van der Waals surface area contributed by atoms with Crippen LogP contribution >= 0.6 is 0 Å². The SMILES string of the molecule is O[C@@H]1c2ccc3c4c(ccc3c2C=C[C@@H]1O)[C@@H](O)[C@@H](O)C=C4. The number of benzene rings is 2. The highest BCUT2D eigenvalue weighted by Crippen LogP contribution is 2.38. The maximum atomic E-state index is 10.1. The van der Waals surface area contributed by atoms with Gasteiger partial charge in [0, 0.05) is 0 Å². The summed E-state index contributed by atoms with van der Waals surface area (Å²) in [6, 6.07) is 7.38. The fourth-order valence-corrected chi connectivity index (χ4v) is 3.34. The number of rotatable bonds is 0. The Balaban J connectivity index is 2.01.